The van der Waals surface area contributed by atoms with Crippen molar-refractivity contribution in [2.75, 3.05) is 6.61 Å². The summed E-state index contributed by atoms with van der Waals surface area (Å²) in [6, 6.07) is 0. The molecule has 1 atom stereocenters. The van der Waals surface area contributed by atoms with Gasteiger partial charge in [-0.2, -0.15) is 0 Å². The quantitative estimate of drug-likeness (QED) is 0.727. The zero-order valence-corrected chi connectivity index (χ0v) is 8.68. The minimum Gasteiger partial charge on any atom is -0.495 e. The van der Waals surface area contributed by atoms with Crippen LogP contribution in [0.25, 0.3) is 0 Å². The second kappa shape index (κ2) is 4.66. The molecule has 0 radical (unpaired) electrons. The summed E-state index contributed by atoms with van der Waals surface area (Å²) in [7, 11) is 0. The van der Waals surface area contributed by atoms with Gasteiger partial charge in [0.05, 0.1) is 6.26 Å². The van der Waals surface area contributed by atoms with Gasteiger partial charge < -0.3 is 9.84 Å². The summed E-state index contributed by atoms with van der Waals surface area (Å²) in [6.45, 7) is 4.50. The fourth-order valence-corrected chi connectivity index (χ4v) is 1.80. The summed E-state index contributed by atoms with van der Waals surface area (Å²) >= 11 is 0. The average Bonchev–Trinajstić information content (AvgIpc) is 2.19. The zero-order chi connectivity index (χ0) is 9.73. The Morgan fingerprint density at radius 1 is 1.54 bits per heavy atom. The standard InChI is InChI=1S/C11H20O2/c1-3-10-5-6-11(4-2,7-8-12)13-9-10/h9,12H,3-8H2,1-2H3. The van der Waals surface area contributed by atoms with Crippen LogP contribution in [0.5, 0.6) is 0 Å². The highest BCUT2D eigenvalue weighted by Gasteiger charge is 2.31. The van der Waals surface area contributed by atoms with Crippen molar-refractivity contribution >= 4 is 0 Å². The van der Waals surface area contributed by atoms with Crippen LogP contribution in [-0.4, -0.2) is 17.3 Å². The van der Waals surface area contributed by atoms with Crippen molar-refractivity contribution in [1.82, 2.24) is 0 Å². The van der Waals surface area contributed by atoms with Gasteiger partial charge in [0.25, 0.3) is 0 Å². The molecule has 0 saturated heterocycles. The topological polar surface area (TPSA) is 29.5 Å². The molecule has 76 valence electrons. The highest BCUT2D eigenvalue weighted by atomic mass is 16.5. The molecule has 0 spiro atoms. The van der Waals surface area contributed by atoms with Gasteiger partial charge in [0, 0.05) is 13.0 Å². The maximum Gasteiger partial charge on any atom is 0.110 e. The summed E-state index contributed by atoms with van der Waals surface area (Å²) in [5.74, 6) is 0. The lowest BCUT2D eigenvalue weighted by Gasteiger charge is -2.35. The van der Waals surface area contributed by atoms with Gasteiger partial charge in [-0.3, -0.25) is 0 Å². The van der Waals surface area contributed by atoms with Crippen molar-refractivity contribution < 1.29 is 9.84 Å². The summed E-state index contributed by atoms with van der Waals surface area (Å²) in [6.07, 6.45) is 6.92. The molecule has 1 aliphatic rings. The number of ether oxygens (including phenoxy) is 1. The molecule has 0 aromatic heterocycles. The molecule has 0 aromatic carbocycles. The van der Waals surface area contributed by atoms with E-state index in [1.54, 1.807) is 0 Å². The highest BCUT2D eigenvalue weighted by molar-refractivity contribution is 5.04. The Hall–Kier alpha value is -0.500. The first-order chi connectivity index (χ1) is 6.26. The third-order valence-electron chi connectivity index (χ3n) is 3.04. The molecule has 0 saturated carbocycles. The van der Waals surface area contributed by atoms with E-state index in [1.807, 2.05) is 6.26 Å². The van der Waals surface area contributed by atoms with Gasteiger partial charge in [-0.05, 0) is 31.3 Å². The number of hydrogen-bond donors (Lipinski definition) is 1. The fraction of sp³-hybridized carbons (Fsp3) is 0.818. The fourth-order valence-electron chi connectivity index (χ4n) is 1.80. The largest absolute Gasteiger partial charge is 0.495 e. The molecule has 0 aliphatic carbocycles. The molecule has 0 amide bonds. The zero-order valence-electron chi connectivity index (χ0n) is 8.68. The summed E-state index contributed by atoms with van der Waals surface area (Å²) in [5.41, 5.74) is 1.31. The van der Waals surface area contributed by atoms with Gasteiger partial charge in [-0.15, -0.1) is 0 Å². The molecule has 2 nitrogen and oxygen atoms in total. The first-order valence-electron chi connectivity index (χ1n) is 5.23. The van der Waals surface area contributed by atoms with Crippen molar-refractivity contribution in [1.29, 1.82) is 0 Å². The van der Waals surface area contributed by atoms with E-state index >= 15 is 0 Å². The third kappa shape index (κ3) is 2.47. The van der Waals surface area contributed by atoms with Crippen LogP contribution in [0.4, 0.5) is 0 Å². The average molecular weight is 184 g/mol. The van der Waals surface area contributed by atoms with Crippen LogP contribution in [0.15, 0.2) is 11.8 Å². The Labute approximate surface area is 80.6 Å². The maximum atomic E-state index is 8.94. The maximum absolute atomic E-state index is 8.94. The van der Waals surface area contributed by atoms with E-state index in [0.29, 0.717) is 0 Å². The lowest BCUT2D eigenvalue weighted by atomic mass is 9.87. The number of aliphatic hydroxyl groups excluding tert-OH is 1. The molecule has 2 heteroatoms. The van der Waals surface area contributed by atoms with Gasteiger partial charge in [0.2, 0.25) is 0 Å². The minimum absolute atomic E-state index is 0.0760. The molecule has 0 aromatic rings. The Kier molecular flexibility index (Phi) is 3.79. The predicted molar refractivity (Wildman–Crippen MR) is 53.4 cm³/mol. The highest BCUT2D eigenvalue weighted by Crippen LogP contribution is 2.33. The Balaban J connectivity index is 2.57. The van der Waals surface area contributed by atoms with Crippen molar-refractivity contribution in [3.8, 4) is 0 Å². The molecule has 0 fully saturated rings. The molecular weight excluding hydrogens is 164 g/mol. The Morgan fingerprint density at radius 3 is 2.69 bits per heavy atom. The lowest BCUT2D eigenvalue weighted by molar-refractivity contribution is -0.0216. The molecule has 1 unspecified atom stereocenters. The van der Waals surface area contributed by atoms with E-state index in [1.165, 1.54) is 5.57 Å². The van der Waals surface area contributed by atoms with Gasteiger partial charge in [-0.1, -0.05) is 13.8 Å². The molecule has 1 heterocycles. The molecule has 0 bridgehead atoms. The van der Waals surface area contributed by atoms with Gasteiger partial charge in [0.1, 0.15) is 5.60 Å². The van der Waals surface area contributed by atoms with Crippen LogP contribution < -0.4 is 0 Å². The predicted octanol–water partition coefficient (Wildman–Crippen LogP) is 2.62. The third-order valence-corrected chi connectivity index (χ3v) is 3.04. The van der Waals surface area contributed by atoms with Crippen LogP contribution in [0.2, 0.25) is 0 Å². The van der Waals surface area contributed by atoms with Gasteiger partial charge in [-0.25, -0.2) is 0 Å². The van der Waals surface area contributed by atoms with Crippen molar-refractivity contribution in [2.24, 2.45) is 0 Å². The van der Waals surface area contributed by atoms with Crippen LogP contribution in [-0.2, 0) is 4.74 Å². The number of rotatable bonds is 4. The Morgan fingerprint density at radius 2 is 2.31 bits per heavy atom. The molecule has 1 aliphatic heterocycles. The van der Waals surface area contributed by atoms with Gasteiger partial charge >= 0.3 is 0 Å². The van der Waals surface area contributed by atoms with E-state index in [0.717, 1.165) is 32.1 Å². The SMILES string of the molecule is CCC1=COC(CC)(CCO)CC1. The number of allylic oxidation sites excluding steroid dienone is 1. The monoisotopic (exact) mass is 184 g/mol. The first kappa shape index (κ1) is 10.6. The second-order valence-electron chi connectivity index (χ2n) is 3.76. The van der Waals surface area contributed by atoms with Crippen LogP contribution in [0, 0.1) is 0 Å². The summed E-state index contributed by atoms with van der Waals surface area (Å²) in [5, 5.41) is 8.94. The van der Waals surface area contributed by atoms with Crippen molar-refractivity contribution in [3.05, 3.63) is 11.8 Å². The lowest BCUT2D eigenvalue weighted by Crippen LogP contribution is -2.33. The second-order valence-corrected chi connectivity index (χ2v) is 3.76. The van der Waals surface area contributed by atoms with E-state index in [4.69, 9.17) is 9.84 Å². The summed E-state index contributed by atoms with van der Waals surface area (Å²) < 4.78 is 5.74. The number of aliphatic hydroxyl groups is 1. The molecular formula is C11H20O2. The van der Waals surface area contributed by atoms with Crippen LogP contribution >= 0.6 is 0 Å². The minimum atomic E-state index is -0.0760. The normalized spacial score (nSPS) is 28.1. The molecule has 13 heavy (non-hydrogen) atoms. The summed E-state index contributed by atoms with van der Waals surface area (Å²) in [4.78, 5) is 0. The van der Waals surface area contributed by atoms with E-state index < -0.39 is 0 Å². The molecule has 1 rings (SSSR count). The van der Waals surface area contributed by atoms with E-state index in [2.05, 4.69) is 13.8 Å². The van der Waals surface area contributed by atoms with Crippen molar-refractivity contribution in [3.63, 3.8) is 0 Å². The first-order valence-corrected chi connectivity index (χ1v) is 5.23. The van der Waals surface area contributed by atoms with Crippen LogP contribution in [0.3, 0.4) is 0 Å². The van der Waals surface area contributed by atoms with Gasteiger partial charge in [0.15, 0.2) is 0 Å². The van der Waals surface area contributed by atoms with Crippen LogP contribution in [0.1, 0.15) is 46.0 Å². The van der Waals surface area contributed by atoms with E-state index in [-0.39, 0.29) is 12.2 Å². The Bertz CT molecular complexity index is 187. The van der Waals surface area contributed by atoms with Crippen molar-refractivity contribution in [2.45, 2.75) is 51.6 Å². The molecule has 1 N–H and O–H groups in total. The smallest absolute Gasteiger partial charge is 0.110 e. The number of hydrogen-bond acceptors (Lipinski definition) is 2. The van der Waals surface area contributed by atoms with E-state index in [9.17, 15) is 0 Å².